The third-order valence-electron chi connectivity index (χ3n) is 1.47. The van der Waals surface area contributed by atoms with Crippen molar-refractivity contribution in [3.63, 3.8) is 0 Å². The Kier molecular flexibility index (Phi) is 4.24. The van der Waals surface area contributed by atoms with Crippen LogP contribution in [0.15, 0.2) is 0 Å². The monoisotopic (exact) mass is 173 g/mol. The van der Waals surface area contributed by atoms with Crippen LogP contribution in [0.25, 0.3) is 0 Å². The number of rotatable bonds is 4. The molecule has 0 aromatic carbocycles. The van der Waals surface area contributed by atoms with Crippen molar-refractivity contribution in [3.05, 3.63) is 0 Å². The molecular weight excluding hydrogens is 154 g/mol. The maximum absolute atomic E-state index is 11.2. The summed E-state index contributed by atoms with van der Waals surface area (Å²) in [6.07, 6.45) is 0.517. The summed E-state index contributed by atoms with van der Waals surface area (Å²) in [5.74, 6) is 0.364. The van der Waals surface area contributed by atoms with E-state index in [-0.39, 0.29) is 12.5 Å². The quantitative estimate of drug-likeness (QED) is 0.664. The van der Waals surface area contributed by atoms with Crippen LogP contribution in [-0.4, -0.2) is 23.2 Å². The van der Waals surface area contributed by atoms with Crippen molar-refractivity contribution in [2.45, 2.75) is 39.7 Å². The molecule has 12 heavy (non-hydrogen) atoms. The van der Waals surface area contributed by atoms with Crippen molar-refractivity contribution in [3.8, 4) is 0 Å². The second kappa shape index (κ2) is 4.45. The van der Waals surface area contributed by atoms with E-state index >= 15 is 0 Å². The highest BCUT2D eigenvalue weighted by Crippen LogP contribution is 2.04. The minimum atomic E-state index is -0.494. The molecule has 0 aromatic heterocycles. The second-order valence-corrected chi connectivity index (χ2v) is 4.19. The van der Waals surface area contributed by atoms with Crippen molar-refractivity contribution >= 4 is 5.91 Å². The summed E-state index contributed by atoms with van der Waals surface area (Å²) in [5.41, 5.74) is -0.494. The molecule has 0 saturated heterocycles. The maximum atomic E-state index is 11.2. The molecule has 0 radical (unpaired) electrons. The van der Waals surface area contributed by atoms with Gasteiger partial charge in [-0.2, -0.15) is 0 Å². The third-order valence-corrected chi connectivity index (χ3v) is 1.47. The topological polar surface area (TPSA) is 49.3 Å². The fraction of sp³-hybridized carbons (Fsp3) is 0.889. The molecule has 0 bridgehead atoms. The van der Waals surface area contributed by atoms with Gasteiger partial charge in [0.2, 0.25) is 5.91 Å². The van der Waals surface area contributed by atoms with Gasteiger partial charge >= 0.3 is 0 Å². The molecule has 0 aromatic rings. The molecule has 0 rings (SSSR count). The molecule has 0 fully saturated rings. The fourth-order valence-electron chi connectivity index (χ4n) is 0.839. The molecule has 0 spiro atoms. The first kappa shape index (κ1) is 11.4. The normalized spacial score (nSPS) is 11.8. The Morgan fingerprint density at radius 1 is 1.50 bits per heavy atom. The van der Waals surface area contributed by atoms with Crippen molar-refractivity contribution in [2.24, 2.45) is 5.92 Å². The van der Waals surface area contributed by atoms with E-state index < -0.39 is 5.54 Å². The Morgan fingerprint density at radius 2 is 2.00 bits per heavy atom. The SMILES string of the molecule is CC(C)CC(=O)NC(C)(C)CO. The highest BCUT2D eigenvalue weighted by atomic mass is 16.3. The van der Waals surface area contributed by atoms with E-state index in [2.05, 4.69) is 5.32 Å². The van der Waals surface area contributed by atoms with Crippen molar-refractivity contribution < 1.29 is 9.90 Å². The minimum absolute atomic E-state index is 0.00375. The van der Waals surface area contributed by atoms with Crippen LogP contribution in [0.4, 0.5) is 0 Å². The summed E-state index contributed by atoms with van der Waals surface area (Å²) < 4.78 is 0. The van der Waals surface area contributed by atoms with Crippen LogP contribution < -0.4 is 5.32 Å². The number of carbonyl (C=O) groups is 1. The van der Waals surface area contributed by atoms with E-state index in [4.69, 9.17) is 5.11 Å². The molecule has 1 amide bonds. The van der Waals surface area contributed by atoms with Gasteiger partial charge in [-0.1, -0.05) is 13.8 Å². The third kappa shape index (κ3) is 5.13. The van der Waals surface area contributed by atoms with Gasteiger partial charge in [0, 0.05) is 6.42 Å². The second-order valence-electron chi connectivity index (χ2n) is 4.19. The predicted octanol–water partition coefficient (Wildman–Crippen LogP) is 0.920. The molecule has 0 heterocycles. The molecule has 0 aliphatic heterocycles. The zero-order chi connectivity index (χ0) is 9.78. The van der Waals surface area contributed by atoms with Crippen LogP contribution in [0.2, 0.25) is 0 Å². The van der Waals surface area contributed by atoms with E-state index in [1.807, 2.05) is 13.8 Å². The molecule has 72 valence electrons. The first-order valence-electron chi connectivity index (χ1n) is 4.29. The molecule has 0 atom stereocenters. The van der Waals surface area contributed by atoms with E-state index in [1.54, 1.807) is 13.8 Å². The van der Waals surface area contributed by atoms with Crippen LogP contribution in [0.5, 0.6) is 0 Å². The first-order chi connectivity index (χ1) is 5.37. The van der Waals surface area contributed by atoms with Gasteiger partial charge in [0.1, 0.15) is 0 Å². The van der Waals surface area contributed by atoms with E-state index in [0.717, 1.165) is 0 Å². The minimum Gasteiger partial charge on any atom is -0.394 e. The highest BCUT2D eigenvalue weighted by molar-refractivity contribution is 5.76. The van der Waals surface area contributed by atoms with Crippen molar-refractivity contribution in [1.82, 2.24) is 5.32 Å². The summed E-state index contributed by atoms with van der Waals surface area (Å²) in [6.45, 7) is 7.55. The summed E-state index contributed by atoms with van der Waals surface area (Å²) >= 11 is 0. The molecule has 2 N–H and O–H groups in total. The van der Waals surface area contributed by atoms with Crippen LogP contribution >= 0.6 is 0 Å². The smallest absolute Gasteiger partial charge is 0.220 e. The molecular formula is C9H19NO2. The molecule has 0 aliphatic carbocycles. The number of hydrogen-bond acceptors (Lipinski definition) is 2. The van der Waals surface area contributed by atoms with Crippen LogP contribution in [0.3, 0.4) is 0 Å². The van der Waals surface area contributed by atoms with Crippen molar-refractivity contribution in [1.29, 1.82) is 0 Å². The standard InChI is InChI=1S/C9H19NO2/c1-7(2)5-8(12)10-9(3,4)6-11/h7,11H,5-6H2,1-4H3,(H,10,12). The molecule has 0 aliphatic rings. The average Bonchev–Trinajstić information content (AvgIpc) is 1.84. The van der Waals surface area contributed by atoms with Gasteiger partial charge in [0.15, 0.2) is 0 Å². The molecule has 0 unspecified atom stereocenters. The Labute approximate surface area is 74.2 Å². The lowest BCUT2D eigenvalue weighted by molar-refractivity contribution is -0.123. The van der Waals surface area contributed by atoms with Gasteiger partial charge < -0.3 is 10.4 Å². The van der Waals surface area contributed by atoms with Gasteiger partial charge in [-0.05, 0) is 19.8 Å². The number of aliphatic hydroxyl groups excluding tert-OH is 1. The number of hydrogen-bond donors (Lipinski definition) is 2. The summed E-state index contributed by atoms with van der Waals surface area (Å²) in [7, 11) is 0. The van der Waals surface area contributed by atoms with Crippen LogP contribution in [0, 0.1) is 5.92 Å². The first-order valence-corrected chi connectivity index (χ1v) is 4.29. The Hall–Kier alpha value is -0.570. The van der Waals surface area contributed by atoms with Gasteiger partial charge in [0.05, 0.1) is 12.1 Å². The number of aliphatic hydroxyl groups is 1. The largest absolute Gasteiger partial charge is 0.394 e. The summed E-state index contributed by atoms with van der Waals surface area (Å²) in [6, 6.07) is 0. The Morgan fingerprint density at radius 3 is 2.33 bits per heavy atom. The zero-order valence-electron chi connectivity index (χ0n) is 8.35. The van der Waals surface area contributed by atoms with E-state index in [0.29, 0.717) is 12.3 Å². The van der Waals surface area contributed by atoms with Crippen LogP contribution in [-0.2, 0) is 4.79 Å². The Balaban J connectivity index is 3.84. The number of nitrogens with one attached hydrogen (secondary N) is 1. The molecule has 0 saturated carbocycles. The van der Waals surface area contributed by atoms with E-state index in [9.17, 15) is 4.79 Å². The highest BCUT2D eigenvalue weighted by Gasteiger charge is 2.18. The van der Waals surface area contributed by atoms with Gasteiger partial charge in [-0.3, -0.25) is 4.79 Å². The lowest BCUT2D eigenvalue weighted by atomic mass is 10.1. The predicted molar refractivity (Wildman–Crippen MR) is 48.8 cm³/mol. The summed E-state index contributed by atoms with van der Waals surface area (Å²) in [5, 5.41) is 11.6. The number of amides is 1. The zero-order valence-corrected chi connectivity index (χ0v) is 8.35. The summed E-state index contributed by atoms with van der Waals surface area (Å²) in [4.78, 5) is 11.2. The maximum Gasteiger partial charge on any atom is 0.220 e. The molecule has 3 nitrogen and oxygen atoms in total. The van der Waals surface area contributed by atoms with Crippen molar-refractivity contribution in [2.75, 3.05) is 6.61 Å². The molecule has 3 heteroatoms. The fourth-order valence-corrected chi connectivity index (χ4v) is 0.839. The van der Waals surface area contributed by atoms with Gasteiger partial charge in [-0.25, -0.2) is 0 Å². The lowest BCUT2D eigenvalue weighted by Gasteiger charge is -2.23. The average molecular weight is 173 g/mol. The Bertz CT molecular complexity index is 153. The van der Waals surface area contributed by atoms with Gasteiger partial charge in [-0.15, -0.1) is 0 Å². The lowest BCUT2D eigenvalue weighted by Crippen LogP contribution is -2.46. The van der Waals surface area contributed by atoms with Gasteiger partial charge in [0.25, 0.3) is 0 Å². The van der Waals surface area contributed by atoms with Crippen LogP contribution in [0.1, 0.15) is 34.1 Å². The van der Waals surface area contributed by atoms with E-state index in [1.165, 1.54) is 0 Å². The number of carbonyl (C=O) groups excluding carboxylic acids is 1.